The van der Waals surface area contributed by atoms with Crippen molar-refractivity contribution in [1.82, 2.24) is 9.97 Å². The lowest BCUT2D eigenvalue weighted by molar-refractivity contribution is -0.138. The minimum atomic E-state index is -4.75. The fraction of sp³-hybridized carbons (Fsp3) is 0.235. The summed E-state index contributed by atoms with van der Waals surface area (Å²) in [6, 6.07) is 4.24. The minimum absolute atomic E-state index is 0.0440. The van der Waals surface area contributed by atoms with Gasteiger partial charge in [0, 0.05) is 22.8 Å². The van der Waals surface area contributed by atoms with Crippen LogP contribution in [0.25, 0.3) is 22.3 Å². The maximum absolute atomic E-state index is 13.0. The number of nitrogens with one attached hydrogen (secondary N) is 1. The van der Waals surface area contributed by atoms with Crippen molar-refractivity contribution in [2.45, 2.75) is 24.2 Å². The molecule has 28 heavy (non-hydrogen) atoms. The van der Waals surface area contributed by atoms with Crippen LogP contribution in [-0.2, 0) is 22.2 Å². The third-order valence-electron chi connectivity index (χ3n) is 4.11. The van der Waals surface area contributed by atoms with Gasteiger partial charge in [0.05, 0.1) is 21.8 Å². The molecule has 0 fully saturated rings. The van der Waals surface area contributed by atoms with Gasteiger partial charge in [-0.1, -0.05) is 13.0 Å². The van der Waals surface area contributed by atoms with Crippen molar-refractivity contribution in [1.29, 1.82) is 0 Å². The van der Waals surface area contributed by atoms with Crippen molar-refractivity contribution < 1.29 is 34.8 Å². The number of halogens is 6. The van der Waals surface area contributed by atoms with Crippen LogP contribution in [0.15, 0.2) is 41.4 Å². The van der Waals surface area contributed by atoms with E-state index in [2.05, 4.69) is 9.97 Å². The number of rotatable bonds is 3. The summed E-state index contributed by atoms with van der Waals surface area (Å²) in [6.45, 7) is 1.28. The number of aromatic nitrogens is 2. The molecular weight excluding hydrogens is 410 g/mol. The zero-order chi connectivity index (χ0) is 20.9. The summed E-state index contributed by atoms with van der Waals surface area (Å²) in [7, 11) is -4.05. The van der Waals surface area contributed by atoms with Gasteiger partial charge in [0.2, 0.25) is 0 Å². The third kappa shape index (κ3) is 3.71. The summed E-state index contributed by atoms with van der Waals surface area (Å²) in [6.07, 6.45) is -8.76. The Bertz CT molecular complexity index is 1150. The van der Waals surface area contributed by atoms with Crippen LogP contribution in [0.1, 0.15) is 18.1 Å². The van der Waals surface area contributed by atoms with E-state index in [4.69, 9.17) is 0 Å². The molecule has 0 aliphatic rings. The Morgan fingerprint density at radius 3 is 2.18 bits per heavy atom. The highest BCUT2D eigenvalue weighted by Crippen LogP contribution is 2.37. The molecule has 0 aliphatic carbocycles. The number of aromatic amines is 1. The van der Waals surface area contributed by atoms with E-state index < -0.39 is 44.0 Å². The van der Waals surface area contributed by atoms with Crippen LogP contribution in [0.2, 0.25) is 0 Å². The van der Waals surface area contributed by atoms with Crippen molar-refractivity contribution in [2.75, 3.05) is 5.75 Å². The van der Waals surface area contributed by atoms with Gasteiger partial charge < -0.3 is 4.98 Å². The van der Waals surface area contributed by atoms with Crippen LogP contribution in [0, 0.1) is 0 Å². The van der Waals surface area contributed by atoms with Crippen molar-refractivity contribution in [3.8, 4) is 11.3 Å². The Morgan fingerprint density at radius 2 is 1.61 bits per heavy atom. The molecule has 0 radical (unpaired) electrons. The monoisotopic (exact) mass is 422 g/mol. The molecule has 0 atom stereocenters. The lowest BCUT2D eigenvalue weighted by Gasteiger charge is -2.12. The normalized spacial score (nSPS) is 13.2. The molecule has 2 heterocycles. The number of pyridine rings is 1. The predicted molar refractivity (Wildman–Crippen MR) is 89.3 cm³/mol. The summed E-state index contributed by atoms with van der Waals surface area (Å²) in [5, 5.41) is 0.0459. The van der Waals surface area contributed by atoms with E-state index in [1.54, 1.807) is 0 Å². The highest BCUT2D eigenvalue weighted by Gasteiger charge is 2.33. The van der Waals surface area contributed by atoms with Crippen LogP contribution in [-0.4, -0.2) is 24.1 Å². The van der Waals surface area contributed by atoms with Gasteiger partial charge in [-0.05, 0) is 24.3 Å². The predicted octanol–water partition coefficient (Wildman–Crippen LogP) is 5.06. The summed E-state index contributed by atoms with van der Waals surface area (Å²) in [5.41, 5.74) is -2.14. The van der Waals surface area contributed by atoms with Gasteiger partial charge in [0.1, 0.15) is 5.65 Å². The lowest BCUT2D eigenvalue weighted by Crippen LogP contribution is -2.10. The van der Waals surface area contributed by atoms with Gasteiger partial charge in [-0.15, -0.1) is 0 Å². The molecular formula is C17H12F6N2O2S. The molecule has 0 amide bonds. The molecule has 1 N–H and O–H groups in total. The number of hydrogen-bond acceptors (Lipinski definition) is 3. The number of hydrogen-bond donors (Lipinski definition) is 1. The SMILES string of the molecule is CCS(=O)(=O)c1cc(C(F)(F)F)ccc1-c1cc2cc(C(F)(F)F)cnc2[nH]1. The quantitative estimate of drug-likeness (QED) is 0.600. The van der Waals surface area contributed by atoms with Crippen molar-refractivity contribution >= 4 is 20.9 Å². The van der Waals surface area contributed by atoms with E-state index in [-0.39, 0.29) is 22.3 Å². The molecule has 11 heteroatoms. The second kappa shape index (κ2) is 6.50. The van der Waals surface area contributed by atoms with E-state index in [1.165, 1.54) is 13.0 Å². The Morgan fingerprint density at radius 1 is 0.964 bits per heavy atom. The van der Waals surface area contributed by atoms with Crippen molar-refractivity contribution in [3.63, 3.8) is 0 Å². The number of H-pyrrole nitrogens is 1. The second-order valence-corrected chi connectivity index (χ2v) is 8.20. The summed E-state index contributed by atoms with van der Waals surface area (Å²) in [4.78, 5) is 5.76. The van der Waals surface area contributed by atoms with Crippen LogP contribution in [0.4, 0.5) is 26.3 Å². The molecule has 3 aromatic rings. The average molecular weight is 422 g/mol. The fourth-order valence-electron chi connectivity index (χ4n) is 2.65. The smallest absolute Gasteiger partial charge is 0.339 e. The van der Waals surface area contributed by atoms with Gasteiger partial charge >= 0.3 is 12.4 Å². The van der Waals surface area contributed by atoms with Crippen LogP contribution >= 0.6 is 0 Å². The first-order valence-corrected chi connectivity index (χ1v) is 9.48. The standard InChI is InChI=1S/C17H12F6N2O2S/c1-2-28(26,27)14-7-10(16(18,19)20)3-4-12(14)13-6-9-5-11(17(21,22)23)8-24-15(9)25-13/h3-8H,2H2,1H3,(H,24,25). The number of nitrogens with zero attached hydrogens (tertiary/aromatic N) is 1. The molecule has 0 aliphatic heterocycles. The molecule has 0 unspecified atom stereocenters. The van der Waals surface area contributed by atoms with Gasteiger partial charge in [0.15, 0.2) is 9.84 Å². The zero-order valence-electron chi connectivity index (χ0n) is 14.1. The Hall–Kier alpha value is -2.56. The van der Waals surface area contributed by atoms with Crippen LogP contribution in [0.3, 0.4) is 0 Å². The number of sulfone groups is 1. The zero-order valence-corrected chi connectivity index (χ0v) is 14.9. The molecule has 1 aromatic carbocycles. The molecule has 0 saturated carbocycles. The van der Waals surface area contributed by atoms with Gasteiger partial charge in [-0.2, -0.15) is 26.3 Å². The molecule has 2 aromatic heterocycles. The molecule has 0 saturated heterocycles. The lowest BCUT2D eigenvalue weighted by atomic mass is 10.1. The third-order valence-corrected chi connectivity index (χ3v) is 5.88. The topological polar surface area (TPSA) is 62.8 Å². The highest BCUT2D eigenvalue weighted by molar-refractivity contribution is 7.91. The average Bonchev–Trinajstić information content (AvgIpc) is 3.02. The van der Waals surface area contributed by atoms with Crippen LogP contribution in [0.5, 0.6) is 0 Å². The molecule has 3 rings (SSSR count). The molecule has 0 spiro atoms. The Balaban J connectivity index is 2.23. The minimum Gasteiger partial charge on any atom is -0.339 e. The Labute approximate surface area is 155 Å². The summed E-state index contributed by atoms with van der Waals surface area (Å²) in [5.74, 6) is -0.446. The Kier molecular flexibility index (Phi) is 4.69. The van der Waals surface area contributed by atoms with Gasteiger partial charge in [-0.25, -0.2) is 13.4 Å². The van der Waals surface area contributed by atoms with Crippen molar-refractivity contribution in [3.05, 3.63) is 47.7 Å². The molecule has 4 nitrogen and oxygen atoms in total. The van der Waals surface area contributed by atoms with E-state index in [0.29, 0.717) is 18.3 Å². The molecule has 0 bridgehead atoms. The summed E-state index contributed by atoms with van der Waals surface area (Å²) < 4.78 is 102. The maximum atomic E-state index is 13.0. The van der Waals surface area contributed by atoms with Crippen molar-refractivity contribution in [2.24, 2.45) is 0 Å². The largest absolute Gasteiger partial charge is 0.417 e. The molecule has 150 valence electrons. The first kappa shape index (κ1) is 20.2. The van der Waals surface area contributed by atoms with E-state index >= 15 is 0 Å². The fourth-order valence-corrected chi connectivity index (χ4v) is 3.78. The van der Waals surface area contributed by atoms with E-state index in [1.807, 2.05) is 0 Å². The highest BCUT2D eigenvalue weighted by atomic mass is 32.2. The number of fused-ring (bicyclic) bond motifs is 1. The first-order valence-electron chi connectivity index (χ1n) is 7.83. The first-order chi connectivity index (χ1) is 12.8. The number of alkyl halides is 6. The second-order valence-electron chi connectivity index (χ2n) is 5.95. The number of benzene rings is 1. The summed E-state index contributed by atoms with van der Waals surface area (Å²) >= 11 is 0. The van der Waals surface area contributed by atoms with Gasteiger partial charge in [0.25, 0.3) is 0 Å². The van der Waals surface area contributed by atoms with Gasteiger partial charge in [-0.3, -0.25) is 0 Å². The van der Waals surface area contributed by atoms with Crippen LogP contribution < -0.4 is 0 Å². The van der Waals surface area contributed by atoms with E-state index in [0.717, 1.165) is 12.1 Å². The maximum Gasteiger partial charge on any atom is 0.417 e. The van der Waals surface area contributed by atoms with E-state index in [9.17, 15) is 34.8 Å².